The van der Waals surface area contributed by atoms with E-state index in [0.29, 0.717) is 5.92 Å². The number of guanidine groups is 1. The Hall–Kier alpha value is -2.57. The zero-order valence-electron chi connectivity index (χ0n) is 14.2. The molecule has 0 aliphatic carbocycles. The molecule has 3 rings (SSSR count). The summed E-state index contributed by atoms with van der Waals surface area (Å²) in [5, 5.41) is 7.51. The van der Waals surface area contributed by atoms with Gasteiger partial charge in [-0.15, -0.1) is 0 Å². The first-order valence-corrected chi connectivity index (χ1v) is 8.22. The third-order valence-corrected chi connectivity index (χ3v) is 4.38. The number of hydrogen-bond acceptors (Lipinski definition) is 4. The van der Waals surface area contributed by atoms with Crippen LogP contribution in [0.3, 0.4) is 0 Å². The number of aliphatic imine (C=N–C) groups is 1. The minimum atomic E-state index is 0.532. The minimum absolute atomic E-state index is 0.532. The largest absolute Gasteiger partial charge is 0.497 e. The van der Waals surface area contributed by atoms with Gasteiger partial charge in [-0.05, 0) is 24.1 Å². The van der Waals surface area contributed by atoms with Gasteiger partial charge in [-0.2, -0.15) is 5.10 Å². The Labute approximate surface area is 142 Å². The Morgan fingerprint density at radius 3 is 2.88 bits per heavy atom. The van der Waals surface area contributed by atoms with Gasteiger partial charge in [0.15, 0.2) is 5.96 Å². The molecular weight excluding hydrogens is 304 g/mol. The van der Waals surface area contributed by atoms with Crippen LogP contribution in [-0.2, 0) is 6.54 Å². The molecule has 2 aromatic rings. The number of benzene rings is 1. The van der Waals surface area contributed by atoms with Crippen molar-refractivity contribution >= 4 is 5.96 Å². The van der Waals surface area contributed by atoms with Crippen LogP contribution in [0.4, 0.5) is 0 Å². The molecule has 0 bridgehead atoms. The molecule has 2 heterocycles. The van der Waals surface area contributed by atoms with Crippen LogP contribution in [0.25, 0.3) is 0 Å². The van der Waals surface area contributed by atoms with Gasteiger partial charge in [0, 0.05) is 32.6 Å². The zero-order valence-corrected chi connectivity index (χ0v) is 14.2. The smallest absolute Gasteiger partial charge is 0.193 e. The van der Waals surface area contributed by atoms with E-state index in [4.69, 9.17) is 4.74 Å². The summed E-state index contributed by atoms with van der Waals surface area (Å²) < 4.78 is 7.04. The first-order chi connectivity index (χ1) is 11.8. The van der Waals surface area contributed by atoms with Crippen LogP contribution in [-0.4, -0.2) is 59.4 Å². The predicted octanol–water partition coefficient (Wildman–Crippen LogP) is 1.35. The maximum absolute atomic E-state index is 5.23. The number of methoxy groups -OCH3 is 1. The highest BCUT2D eigenvalue weighted by molar-refractivity contribution is 5.80. The van der Waals surface area contributed by atoms with Crippen LogP contribution >= 0.6 is 0 Å². The Morgan fingerprint density at radius 2 is 2.21 bits per heavy atom. The van der Waals surface area contributed by atoms with Crippen molar-refractivity contribution in [3.8, 4) is 5.75 Å². The Morgan fingerprint density at radius 1 is 1.38 bits per heavy atom. The van der Waals surface area contributed by atoms with Gasteiger partial charge in [0.05, 0.1) is 13.7 Å². The van der Waals surface area contributed by atoms with Gasteiger partial charge >= 0.3 is 0 Å². The quantitative estimate of drug-likeness (QED) is 0.663. The summed E-state index contributed by atoms with van der Waals surface area (Å²) in [7, 11) is 3.53. The molecule has 7 nitrogen and oxygen atoms in total. The van der Waals surface area contributed by atoms with Gasteiger partial charge in [0.2, 0.25) is 0 Å². The fourth-order valence-corrected chi connectivity index (χ4v) is 3.06. The molecular formula is C17H24N6O. The molecule has 1 unspecified atom stereocenters. The van der Waals surface area contributed by atoms with Crippen LogP contribution in [0.15, 0.2) is 41.9 Å². The summed E-state index contributed by atoms with van der Waals surface area (Å²) >= 11 is 0. The summed E-state index contributed by atoms with van der Waals surface area (Å²) in [6, 6.07) is 8.38. The van der Waals surface area contributed by atoms with Crippen LogP contribution in [0.5, 0.6) is 5.75 Å². The van der Waals surface area contributed by atoms with Crippen molar-refractivity contribution in [1.82, 2.24) is 25.0 Å². The molecule has 0 amide bonds. The molecule has 24 heavy (non-hydrogen) atoms. The molecule has 1 saturated heterocycles. The average Bonchev–Trinajstić information content (AvgIpc) is 3.31. The molecule has 0 spiro atoms. The molecule has 0 saturated carbocycles. The zero-order chi connectivity index (χ0) is 16.8. The number of nitrogens with zero attached hydrogens (tertiary/aromatic N) is 5. The van der Waals surface area contributed by atoms with E-state index in [1.54, 1.807) is 19.8 Å². The van der Waals surface area contributed by atoms with Crippen molar-refractivity contribution in [1.29, 1.82) is 0 Å². The topological polar surface area (TPSA) is 67.6 Å². The van der Waals surface area contributed by atoms with Crippen LogP contribution < -0.4 is 10.1 Å². The van der Waals surface area contributed by atoms with Crippen molar-refractivity contribution in [2.24, 2.45) is 4.99 Å². The number of hydrogen-bond donors (Lipinski definition) is 1. The van der Waals surface area contributed by atoms with Crippen LogP contribution in [0, 0.1) is 0 Å². The van der Waals surface area contributed by atoms with Crippen LogP contribution in [0.1, 0.15) is 17.9 Å². The molecule has 1 aromatic heterocycles. The minimum Gasteiger partial charge on any atom is -0.497 e. The van der Waals surface area contributed by atoms with E-state index in [0.717, 1.165) is 44.3 Å². The second-order valence-electron chi connectivity index (χ2n) is 5.84. The van der Waals surface area contributed by atoms with Gasteiger partial charge in [-0.3, -0.25) is 9.67 Å². The van der Waals surface area contributed by atoms with E-state index in [9.17, 15) is 0 Å². The summed E-state index contributed by atoms with van der Waals surface area (Å²) in [5.74, 6) is 2.38. The maximum atomic E-state index is 5.23. The molecule has 128 valence electrons. The van der Waals surface area contributed by atoms with E-state index in [1.165, 1.54) is 5.56 Å². The fourth-order valence-electron chi connectivity index (χ4n) is 3.06. The Balaban J connectivity index is 1.52. The fraction of sp³-hybridized carbons (Fsp3) is 0.471. The second kappa shape index (κ2) is 7.81. The number of nitrogens with one attached hydrogen (secondary N) is 1. The summed E-state index contributed by atoms with van der Waals surface area (Å²) in [4.78, 5) is 10.7. The highest BCUT2D eigenvalue weighted by Gasteiger charge is 2.25. The highest BCUT2D eigenvalue weighted by atomic mass is 16.5. The summed E-state index contributed by atoms with van der Waals surface area (Å²) in [6.07, 6.45) is 4.41. The van der Waals surface area contributed by atoms with Crippen LogP contribution in [0.2, 0.25) is 0 Å². The van der Waals surface area contributed by atoms with Crippen molar-refractivity contribution in [3.63, 3.8) is 0 Å². The number of likely N-dealkylation sites (tertiary alicyclic amines) is 1. The standard InChI is InChI=1S/C17H24N6O/c1-18-17(20-8-10-23-13-19-12-21-23)22-9-7-15(11-22)14-3-5-16(24-2)6-4-14/h3-6,12-13,15H,7-11H2,1-2H3,(H,18,20). The van der Waals surface area contributed by atoms with Crippen molar-refractivity contribution < 1.29 is 4.74 Å². The molecule has 1 aromatic carbocycles. The lowest BCUT2D eigenvalue weighted by Gasteiger charge is -2.21. The van der Waals surface area contributed by atoms with E-state index < -0.39 is 0 Å². The maximum Gasteiger partial charge on any atom is 0.193 e. The van der Waals surface area contributed by atoms with Crippen molar-refractivity contribution in [2.45, 2.75) is 18.9 Å². The number of ether oxygens (including phenoxy) is 1. The first kappa shape index (κ1) is 16.3. The van der Waals surface area contributed by atoms with Crippen molar-refractivity contribution in [3.05, 3.63) is 42.5 Å². The van der Waals surface area contributed by atoms with Gasteiger partial charge in [0.25, 0.3) is 0 Å². The first-order valence-electron chi connectivity index (χ1n) is 8.22. The lowest BCUT2D eigenvalue weighted by molar-refractivity contribution is 0.414. The predicted molar refractivity (Wildman–Crippen MR) is 93.3 cm³/mol. The lowest BCUT2D eigenvalue weighted by atomic mass is 9.98. The van der Waals surface area contributed by atoms with E-state index in [1.807, 2.05) is 23.9 Å². The molecule has 1 aliphatic heterocycles. The third kappa shape index (κ3) is 3.84. The van der Waals surface area contributed by atoms with Gasteiger partial charge in [-0.25, -0.2) is 4.98 Å². The third-order valence-electron chi connectivity index (χ3n) is 4.38. The van der Waals surface area contributed by atoms with Gasteiger partial charge in [-0.1, -0.05) is 12.1 Å². The van der Waals surface area contributed by atoms with E-state index >= 15 is 0 Å². The molecule has 0 radical (unpaired) electrons. The number of rotatable bonds is 5. The molecule has 1 N–H and O–H groups in total. The normalized spacial score (nSPS) is 18.0. The van der Waals surface area contributed by atoms with E-state index in [2.05, 4.69) is 37.4 Å². The SMILES string of the molecule is CN=C(NCCn1cncn1)N1CCC(c2ccc(OC)cc2)C1. The summed E-state index contributed by atoms with van der Waals surface area (Å²) in [6.45, 7) is 3.55. The number of aromatic nitrogens is 3. The molecule has 1 aliphatic rings. The summed E-state index contributed by atoms with van der Waals surface area (Å²) in [5.41, 5.74) is 1.36. The Kier molecular flexibility index (Phi) is 5.30. The van der Waals surface area contributed by atoms with Crippen molar-refractivity contribution in [2.75, 3.05) is 33.8 Å². The molecule has 1 atom stereocenters. The molecule has 1 fully saturated rings. The van der Waals surface area contributed by atoms with E-state index in [-0.39, 0.29) is 0 Å². The second-order valence-corrected chi connectivity index (χ2v) is 5.84. The highest BCUT2D eigenvalue weighted by Crippen LogP contribution is 2.28. The molecule has 7 heteroatoms. The van der Waals surface area contributed by atoms with Gasteiger partial charge in [0.1, 0.15) is 18.4 Å². The van der Waals surface area contributed by atoms with Gasteiger partial charge < -0.3 is 15.0 Å². The average molecular weight is 328 g/mol. The lowest BCUT2D eigenvalue weighted by Crippen LogP contribution is -2.41. The monoisotopic (exact) mass is 328 g/mol. The Bertz CT molecular complexity index is 652.